The number of ether oxygens (including phenoxy) is 1. The van der Waals surface area contributed by atoms with Crippen LogP contribution in [0, 0.1) is 6.92 Å². The van der Waals surface area contributed by atoms with Crippen molar-refractivity contribution in [1.82, 2.24) is 4.98 Å². The minimum absolute atomic E-state index is 0.446. The van der Waals surface area contributed by atoms with E-state index >= 15 is 0 Å². The topological polar surface area (TPSA) is 42.4 Å². The third-order valence-electron chi connectivity index (χ3n) is 2.83. The zero-order valence-corrected chi connectivity index (χ0v) is 10.6. The van der Waals surface area contributed by atoms with Crippen LogP contribution in [0.4, 0.5) is 0 Å². The fourth-order valence-electron chi connectivity index (χ4n) is 1.73. The van der Waals surface area contributed by atoms with E-state index < -0.39 is 6.10 Å². The van der Waals surface area contributed by atoms with Crippen LogP contribution in [0.15, 0.2) is 42.7 Å². The van der Waals surface area contributed by atoms with Crippen LogP contribution in [0.1, 0.15) is 29.7 Å². The Morgan fingerprint density at radius 1 is 1.22 bits per heavy atom. The molecule has 3 nitrogen and oxygen atoms in total. The van der Waals surface area contributed by atoms with Crippen LogP contribution in [0.25, 0.3) is 0 Å². The molecule has 0 saturated carbocycles. The van der Waals surface area contributed by atoms with Crippen molar-refractivity contribution in [2.45, 2.75) is 26.6 Å². The van der Waals surface area contributed by atoms with Gasteiger partial charge in [0.25, 0.3) is 0 Å². The predicted octanol–water partition coefficient (Wildman–Crippen LogP) is 3.02. The Balaban J connectivity index is 2.06. The van der Waals surface area contributed by atoms with Gasteiger partial charge in [0.1, 0.15) is 12.4 Å². The smallest absolute Gasteiger partial charge is 0.122 e. The Kier molecular flexibility index (Phi) is 3.95. The highest BCUT2D eigenvalue weighted by atomic mass is 16.5. The Hall–Kier alpha value is -1.87. The molecule has 0 bridgehead atoms. The first-order valence-corrected chi connectivity index (χ1v) is 5.97. The summed E-state index contributed by atoms with van der Waals surface area (Å²) >= 11 is 0. The van der Waals surface area contributed by atoms with Crippen LogP contribution in [-0.2, 0) is 6.61 Å². The van der Waals surface area contributed by atoms with E-state index in [2.05, 4.69) is 4.98 Å². The molecular formula is C15H17NO2. The van der Waals surface area contributed by atoms with Gasteiger partial charge in [-0.15, -0.1) is 0 Å². The number of benzene rings is 1. The SMILES string of the molecule is Cc1cc([C@@H](C)O)ccc1OCc1ccncc1. The summed E-state index contributed by atoms with van der Waals surface area (Å²) in [6, 6.07) is 9.60. The maximum Gasteiger partial charge on any atom is 0.122 e. The second-order valence-electron chi connectivity index (χ2n) is 4.35. The van der Waals surface area contributed by atoms with Gasteiger partial charge in [0, 0.05) is 12.4 Å². The third kappa shape index (κ3) is 3.08. The van der Waals surface area contributed by atoms with E-state index in [0.29, 0.717) is 6.61 Å². The van der Waals surface area contributed by atoms with Crippen LogP contribution in [-0.4, -0.2) is 10.1 Å². The highest BCUT2D eigenvalue weighted by Gasteiger charge is 2.05. The number of pyridine rings is 1. The molecule has 1 aromatic heterocycles. The van der Waals surface area contributed by atoms with Gasteiger partial charge >= 0.3 is 0 Å². The molecule has 1 atom stereocenters. The molecule has 1 heterocycles. The second kappa shape index (κ2) is 5.65. The minimum atomic E-state index is -0.446. The van der Waals surface area contributed by atoms with Crippen molar-refractivity contribution < 1.29 is 9.84 Å². The normalized spacial score (nSPS) is 12.2. The summed E-state index contributed by atoms with van der Waals surface area (Å²) in [4.78, 5) is 3.97. The van der Waals surface area contributed by atoms with Gasteiger partial charge in [-0.05, 0) is 54.8 Å². The van der Waals surface area contributed by atoms with Crippen molar-refractivity contribution in [3.8, 4) is 5.75 Å². The lowest BCUT2D eigenvalue weighted by molar-refractivity contribution is 0.199. The quantitative estimate of drug-likeness (QED) is 0.897. The maximum absolute atomic E-state index is 9.50. The van der Waals surface area contributed by atoms with Crippen molar-refractivity contribution in [1.29, 1.82) is 0 Å². The first-order chi connectivity index (χ1) is 8.66. The Bertz CT molecular complexity index is 509. The molecular weight excluding hydrogens is 226 g/mol. The zero-order valence-electron chi connectivity index (χ0n) is 10.6. The van der Waals surface area contributed by atoms with Crippen molar-refractivity contribution in [2.24, 2.45) is 0 Å². The van der Waals surface area contributed by atoms with Crippen molar-refractivity contribution in [2.75, 3.05) is 0 Å². The van der Waals surface area contributed by atoms with E-state index in [0.717, 1.165) is 22.4 Å². The van der Waals surface area contributed by atoms with E-state index in [1.165, 1.54) is 0 Å². The summed E-state index contributed by atoms with van der Waals surface area (Å²) < 4.78 is 5.75. The van der Waals surface area contributed by atoms with Crippen LogP contribution in [0.2, 0.25) is 0 Å². The van der Waals surface area contributed by atoms with Gasteiger partial charge < -0.3 is 9.84 Å². The first kappa shape index (κ1) is 12.6. The number of aliphatic hydroxyl groups excluding tert-OH is 1. The van der Waals surface area contributed by atoms with E-state index in [4.69, 9.17) is 4.74 Å². The molecule has 1 N–H and O–H groups in total. The monoisotopic (exact) mass is 243 g/mol. The number of hydrogen-bond acceptors (Lipinski definition) is 3. The third-order valence-corrected chi connectivity index (χ3v) is 2.83. The van der Waals surface area contributed by atoms with Crippen LogP contribution < -0.4 is 4.74 Å². The van der Waals surface area contributed by atoms with E-state index in [1.54, 1.807) is 19.3 Å². The molecule has 0 radical (unpaired) electrons. The van der Waals surface area contributed by atoms with E-state index in [9.17, 15) is 5.11 Å². The molecule has 3 heteroatoms. The molecule has 0 amide bonds. The largest absolute Gasteiger partial charge is 0.489 e. The molecule has 0 saturated heterocycles. The van der Waals surface area contributed by atoms with Gasteiger partial charge in [0.05, 0.1) is 6.10 Å². The van der Waals surface area contributed by atoms with Crippen LogP contribution in [0.5, 0.6) is 5.75 Å². The minimum Gasteiger partial charge on any atom is -0.489 e. The van der Waals surface area contributed by atoms with E-state index in [-0.39, 0.29) is 0 Å². The molecule has 94 valence electrons. The average Bonchev–Trinajstić information content (AvgIpc) is 2.38. The summed E-state index contributed by atoms with van der Waals surface area (Å²) in [5.74, 6) is 0.844. The summed E-state index contributed by atoms with van der Waals surface area (Å²) in [6.45, 7) is 4.26. The molecule has 2 rings (SSSR count). The highest BCUT2D eigenvalue weighted by molar-refractivity contribution is 5.37. The van der Waals surface area contributed by atoms with Crippen molar-refractivity contribution in [3.63, 3.8) is 0 Å². The molecule has 18 heavy (non-hydrogen) atoms. The Morgan fingerprint density at radius 2 is 1.94 bits per heavy atom. The van der Waals surface area contributed by atoms with Gasteiger partial charge in [0.15, 0.2) is 0 Å². The fourth-order valence-corrected chi connectivity index (χ4v) is 1.73. The van der Waals surface area contributed by atoms with Gasteiger partial charge in [-0.1, -0.05) is 6.07 Å². The van der Waals surface area contributed by atoms with Gasteiger partial charge in [-0.2, -0.15) is 0 Å². The summed E-state index contributed by atoms with van der Waals surface area (Å²) in [7, 11) is 0. The lowest BCUT2D eigenvalue weighted by Gasteiger charge is -2.12. The van der Waals surface area contributed by atoms with Crippen LogP contribution in [0.3, 0.4) is 0 Å². The van der Waals surface area contributed by atoms with Gasteiger partial charge in [-0.3, -0.25) is 4.98 Å². The standard InChI is InChI=1S/C15H17NO2/c1-11-9-14(12(2)17)3-4-15(11)18-10-13-5-7-16-8-6-13/h3-9,12,17H,10H2,1-2H3/t12-/m1/s1. The molecule has 0 spiro atoms. The van der Waals surface area contributed by atoms with Crippen molar-refractivity contribution in [3.05, 3.63) is 59.4 Å². The summed E-state index contributed by atoms with van der Waals surface area (Å²) in [5.41, 5.74) is 3.02. The lowest BCUT2D eigenvalue weighted by Crippen LogP contribution is -1.98. The summed E-state index contributed by atoms with van der Waals surface area (Å²) in [5, 5.41) is 9.50. The van der Waals surface area contributed by atoms with Gasteiger partial charge in [-0.25, -0.2) is 0 Å². The molecule has 0 aliphatic carbocycles. The number of rotatable bonds is 4. The Morgan fingerprint density at radius 3 is 2.56 bits per heavy atom. The zero-order chi connectivity index (χ0) is 13.0. The van der Waals surface area contributed by atoms with Gasteiger partial charge in [0.2, 0.25) is 0 Å². The molecule has 0 aliphatic rings. The lowest BCUT2D eigenvalue weighted by atomic mass is 10.1. The fraction of sp³-hybridized carbons (Fsp3) is 0.267. The van der Waals surface area contributed by atoms with Crippen molar-refractivity contribution >= 4 is 0 Å². The number of aliphatic hydroxyl groups is 1. The molecule has 1 aromatic carbocycles. The average molecular weight is 243 g/mol. The number of aryl methyl sites for hydroxylation is 1. The second-order valence-corrected chi connectivity index (χ2v) is 4.35. The predicted molar refractivity (Wildman–Crippen MR) is 70.4 cm³/mol. The van der Waals surface area contributed by atoms with Crippen LogP contribution >= 0.6 is 0 Å². The highest BCUT2D eigenvalue weighted by Crippen LogP contribution is 2.23. The molecule has 0 fully saturated rings. The Labute approximate surface area is 107 Å². The number of hydrogen-bond donors (Lipinski definition) is 1. The molecule has 2 aromatic rings. The van der Waals surface area contributed by atoms with E-state index in [1.807, 2.05) is 37.3 Å². The first-order valence-electron chi connectivity index (χ1n) is 5.97. The molecule has 0 aliphatic heterocycles. The maximum atomic E-state index is 9.50. The summed E-state index contributed by atoms with van der Waals surface area (Å²) in [6.07, 6.45) is 3.06. The number of aromatic nitrogens is 1. The molecule has 0 unspecified atom stereocenters. The number of nitrogens with zero attached hydrogens (tertiary/aromatic N) is 1.